The van der Waals surface area contributed by atoms with E-state index < -0.39 is 131 Å². The van der Waals surface area contributed by atoms with Crippen LogP contribution in [0.25, 0.3) is 0 Å². The van der Waals surface area contributed by atoms with E-state index in [1.807, 2.05) is 33.8 Å². The molecule has 2 aromatic rings. The molecule has 1 aliphatic rings. The predicted molar refractivity (Wildman–Crippen MR) is 305 cm³/mol. The van der Waals surface area contributed by atoms with Gasteiger partial charge in [-0.1, -0.05) is 136 Å². The van der Waals surface area contributed by atoms with Crippen LogP contribution in [0, 0.1) is 29.6 Å². The third-order valence-corrected chi connectivity index (χ3v) is 15.6. The Balaban J connectivity index is 2.01. The molecule has 1 saturated heterocycles. The van der Waals surface area contributed by atoms with Gasteiger partial charge in [0.1, 0.15) is 36.3 Å². The second-order valence-electron chi connectivity index (χ2n) is 23.6. The number of carbonyl (C=O) groups is 9. The number of nitrogens with zero attached hydrogens (tertiary/aromatic N) is 5. The summed E-state index contributed by atoms with van der Waals surface area (Å²) < 4.78 is 6.08. The van der Waals surface area contributed by atoms with Gasteiger partial charge in [-0.15, -0.1) is 0 Å². The van der Waals surface area contributed by atoms with Crippen molar-refractivity contribution in [2.75, 3.05) is 34.7 Å². The summed E-state index contributed by atoms with van der Waals surface area (Å²) in [5.41, 5.74) is 5.72. The molecule has 7 amide bonds. The van der Waals surface area contributed by atoms with Crippen LogP contribution < -0.4 is 16.4 Å². The Labute approximate surface area is 474 Å². The van der Waals surface area contributed by atoms with Crippen LogP contribution in [0.2, 0.25) is 0 Å². The summed E-state index contributed by atoms with van der Waals surface area (Å²) >= 11 is 0. The molecule has 80 heavy (non-hydrogen) atoms. The minimum absolute atomic E-state index is 0.0204. The number of hydrogen-bond acceptors (Lipinski definition) is 12. The highest BCUT2D eigenvalue weighted by molar-refractivity contribution is 5.97. The number of likely N-dealkylation sites (tertiary alicyclic amines) is 1. The van der Waals surface area contributed by atoms with Crippen molar-refractivity contribution in [2.24, 2.45) is 35.3 Å². The summed E-state index contributed by atoms with van der Waals surface area (Å²) in [7, 11) is 5.63. The van der Waals surface area contributed by atoms with Gasteiger partial charge in [0.2, 0.25) is 35.4 Å². The van der Waals surface area contributed by atoms with Crippen LogP contribution in [0.3, 0.4) is 0 Å². The molecule has 1 fully saturated rings. The topological polar surface area (TPSA) is 270 Å². The van der Waals surface area contributed by atoms with Crippen LogP contribution in [-0.2, 0) is 60.7 Å². The van der Waals surface area contributed by atoms with E-state index >= 15 is 0 Å². The number of likely N-dealkylation sites (N-methyl/N-ethyl adjacent to an activating group) is 4. The first-order chi connectivity index (χ1) is 37.3. The number of benzene rings is 2. The first kappa shape index (κ1) is 67.9. The molecule has 20 heteroatoms. The minimum atomic E-state index is -1.98. The number of hydrogen-bond donors (Lipinski definition) is 5. The molecule has 2 aromatic carbocycles. The number of esters is 1. The van der Waals surface area contributed by atoms with Crippen molar-refractivity contribution in [3.8, 4) is 0 Å². The zero-order chi connectivity index (χ0) is 60.7. The monoisotopic (exact) mass is 1120 g/mol. The highest BCUT2D eigenvalue weighted by Gasteiger charge is 2.47. The maximum atomic E-state index is 15.0. The zero-order valence-corrected chi connectivity index (χ0v) is 50.3. The van der Waals surface area contributed by atoms with Crippen LogP contribution in [-0.4, -0.2) is 183 Å². The van der Waals surface area contributed by atoms with Gasteiger partial charge < -0.3 is 55.8 Å². The number of carboxylic acid groups (broad SMARTS) is 1. The lowest BCUT2D eigenvalue weighted by Crippen LogP contribution is -2.62. The number of aliphatic carboxylic acids is 1. The van der Waals surface area contributed by atoms with Gasteiger partial charge in [-0.2, -0.15) is 0 Å². The third kappa shape index (κ3) is 17.8. The number of aliphatic hydroxyl groups is 1. The summed E-state index contributed by atoms with van der Waals surface area (Å²) in [6.07, 6.45) is 0.281. The normalized spacial score (nSPS) is 17.4. The summed E-state index contributed by atoms with van der Waals surface area (Å²) in [5.74, 6) is -8.74. The molecule has 0 aromatic heterocycles. The van der Waals surface area contributed by atoms with Crippen LogP contribution in [0.15, 0.2) is 60.7 Å². The van der Waals surface area contributed by atoms with Crippen LogP contribution in [0.1, 0.15) is 126 Å². The number of carboxylic acids is 1. The van der Waals surface area contributed by atoms with Crippen LogP contribution in [0.5, 0.6) is 0 Å². The molecule has 1 aliphatic heterocycles. The van der Waals surface area contributed by atoms with Crippen molar-refractivity contribution >= 4 is 53.3 Å². The SMILES string of the molecule is CC[C@@H](C)[C@H](N)C(=O)N(C)[C@H](C(=O)N[C@@H](CC(C)C)C(=O)N(C)[C@H](C(=O)O[C@@H](C(=O)N(C)[C@H](C(=O)N[C@@H](Cc1ccccc1)C(=O)N(C)[C@@H](Cc1ccccc1)C(=O)N1CCC[C@H]1C(=O)O)C(C)C)[C@H](C)CC)C(C)(C)O)C(C)C. The van der Waals surface area contributed by atoms with Crippen molar-refractivity contribution in [2.45, 2.75) is 188 Å². The lowest BCUT2D eigenvalue weighted by Gasteiger charge is -2.39. The van der Waals surface area contributed by atoms with E-state index in [0.717, 1.165) is 15.4 Å². The predicted octanol–water partition coefficient (Wildman–Crippen LogP) is 4.29. The fraction of sp³-hybridized carbons (Fsp3) is 0.650. The Morgan fingerprint density at radius 1 is 0.662 bits per heavy atom. The van der Waals surface area contributed by atoms with E-state index in [-0.39, 0.29) is 44.1 Å². The zero-order valence-electron chi connectivity index (χ0n) is 50.3. The molecule has 1 heterocycles. The summed E-state index contributed by atoms with van der Waals surface area (Å²) in [4.78, 5) is 134. The molecule has 3 rings (SSSR count). The average molecular weight is 1120 g/mol. The third-order valence-electron chi connectivity index (χ3n) is 15.6. The van der Waals surface area contributed by atoms with Crippen LogP contribution in [0.4, 0.5) is 0 Å². The standard InChI is InChI=1S/C60H94N8O12/c1-17-38(9)46(61)56(74)65(14)47(36(5)6)51(69)62-42(32-35(3)4)54(72)67(16)50(60(11,12)79)59(78)80-49(39(10)18-2)57(75)66(15)48(37(7)8)52(70)63-43(33-40-26-21-19-22-27-40)53(71)64(13)45(34-41-28-23-20-24-29-41)55(73)68-31-25-30-44(68)58(76)77/h19-24,26-29,35-39,42-50,79H,17-18,25,30-34,61H2,1-16H3,(H,62,69)(H,63,70)(H,76,77)/t38-,39-,42+,43+,44+,45+,46+,47+,48+,49-,50-/m1/s1. The fourth-order valence-electron chi connectivity index (χ4n) is 10.5. The first-order valence-corrected chi connectivity index (χ1v) is 28.3. The maximum absolute atomic E-state index is 15.0. The van der Waals surface area contributed by atoms with Gasteiger partial charge in [0, 0.05) is 53.5 Å². The molecule has 0 radical (unpaired) electrons. The van der Waals surface area contributed by atoms with E-state index in [1.54, 1.807) is 96.1 Å². The number of nitrogens with two attached hydrogens (primary N) is 1. The van der Waals surface area contributed by atoms with E-state index in [2.05, 4.69) is 10.6 Å². The number of nitrogens with one attached hydrogen (secondary N) is 2. The van der Waals surface area contributed by atoms with Crippen molar-refractivity contribution in [3.63, 3.8) is 0 Å². The lowest BCUT2D eigenvalue weighted by molar-refractivity contribution is -0.177. The molecule has 0 unspecified atom stereocenters. The van der Waals surface area contributed by atoms with Gasteiger partial charge in [-0.25, -0.2) is 9.59 Å². The van der Waals surface area contributed by atoms with Gasteiger partial charge in [-0.05, 0) is 74.3 Å². The largest absolute Gasteiger partial charge is 0.480 e. The molecule has 0 aliphatic carbocycles. The molecule has 0 saturated carbocycles. The first-order valence-electron chi connectivity index (χ1n) is 28.3. The Kier molecular flexibility index (Phi) is 25.8. The van der Waals surface area contributed by atoms with Crippen molar-refractivity contribution in [1.82, 2.24) is 35.1 Å². The fourth-order valence-corrected chi connectivity index (χ4v) is 10.5. The number of amides is 7. The Morgan fingerprint density at radius 2 is 1.12 bits per heavy atom. The Morgan fingerprint density at radius 3 is 1.57 bits per heavy atom. The number of ether oxygens (including phenoxy) is 1. The lowest BCUT2D eigenvalue weighted by atomic mass is 9.94. The molecule has 20 nitrogen and oxygen atoms in total. The van der Waals surface area contributed by atoms with E-state index in [0.29, 0.717) is 24.8 Å². The van der Waals surface area contributed by atoms with Crippen molar-refractivity contribution < 1.29 is 58.1 Å². The van der Waals surface area contributed by atoms with Gasteiger partial charge in [0.25, 0.3) is 5.91 Å². The summed E-state index contributed by atoms with van der Waals surface area (Å²) in [6.45, 7) is 20.7. The van der Waals surface area contributed by atoms with Gasteiger partial charge in [-0.3, -0.25) is 33.6 Å². The second-order valence-corrected chi connectivity index (χ2v) is 23.6. The molecular formula is C60H94N8O12. The van der Waals surface area contributed by atoms with Crippen molar-refractivity contribution in [1.29, 1.82) is 0 Å². The maximum Gasteiger partial charge on any atom is 0.332 e. The minimum Gasteiger partial charge on any atom is -0.480 e. The quantitative estimate of drug-likeness (QED) is 0.0713. The molecule has 0 bridgehead atoms. The van der Waals surface area contributed by atoms with E-state index in [9.17, 15) is 53.4 Å². The molecule has 6 N–H and O–H groups in total. The van der Waals surface area contributed by atoms with E-state index in [4.69, 9.17) is 10.5 Å². The second kappa shape index (κ2) is 30.4. The van der Waals surface area contributed by atoms with Gasteiger partial charge >= 0.3 is 11.9 Å². The van der Waals surface area contributed by atoms with Gasteiger partial charge in [0.05, 0.1) is 11.6 Å². The molecule has 11 atom stereocenters. The highest BCUT2D eigenvalue weighted by atomic mass is 16.6. The summed E-state index contributed by atoms with van der Waals surface area (Å²) in [6, 6.07) is 8.32. The van der Waals surface area contributed by atoms with Crippen LogP contribution >= 0.6 is 0 Å². The molecular weight excluding hydrogens is 1020 g/mol. The molecule has 446 valence electrons. The van der Waals surface area contributed by atoms with Gasteiger partial charge in [0.15, 0.2) is 12.1 Å². The number of rotatable bonds is 29. The van der Waals surface area contributed by atoms with E-state index in [1.165, 1.54) is 56.7 Å². The highest BCUT2D eigenvalue weighted by Crippen LogP contribution is 2.26. The van der Waals surface area contributed by atoms with Crippen molar-refractivity contribution in [3.05, 3.63) is 71.8 Å². The number of carbonyl (C=O) groups excluding carboxylic acids is 8. The Hall–Kier alpha value is -6.41. The molecule has 0 spiro atoms. The smallest absolute Gasteiger partial charge is 0.332 e. The Bertz CT molecular complexity index is 2420. The average Bonchev–Trinajstić information content (AvgIpc) is 3.90. The summed E-state index contributed by atoms with van der Waals surface area (Å²) in [5, 5.41) is 27.4.